The first-order valence-electron chi connectivity index (χ1n) is 8.76. The highest BCUT2D eigenvalue weighted by Gasteiger charge is 2.39. The molecule has 0 saturated carbocycles. The Kier molecular flexibility index (Phi) is 4.89. The molecule has 4 atom stereocenters. The van der Waals surface area contributed by atoms with E-state index in [0.717, 1.165) is 6.07 Å². The first-order valence-corrected chi connectivity index (χ1v) is 8.76. The standard InChI is InChI=1S/C20H18O9/c21-10-3-1-9(2-4-10)15-7-13(23)17-12(22)5-11(6-16(17)29-15)28-20-19(26)18(25)14(24)8-27-20/h1-7,14,18-22,24-26H,8H2/t14-,18-,19+,20+/m1/s1. The lowest BCUT2D eigenvalue weighted by molar-refractivity contribution is -0.242. The van der Waals surface area contributed by atoms with E-state index in [1.807, 2.05) is 0 Å². The van der Waals surface area contributed by atoms with Crippen molar-refractivity contribution in [3.63, 3.8) is 0 Å². The van der Waals surface area contributed by atoms with Gasteiger partial charge in [0.15, 0.2) is 5.43 Å². The van der Waals surface area contributed by atoms with Crippen molar-refractivity contribution < 1.29 is 39.4 Å². The van der Waals surface area contributed by atoms with Crippen LogP contribution in [0.4, 0.5) is 0 Å². The Labute approximate surface area is 163 Å². The Morgan fingerprint density at radius 1 is 0.966 bits per heavy atom. The fraction of sp³-hybridized carbons (Fsp3) is 0.250. The second-order valence-electron chi connectivity index (χ2n) is 6.71. The molecule has 5 N–H and O–H groups in total. The zero-order valence-electron chi connectivity index (χ0n) is 14.9. The van der Waals surface area contributed by atoms with Crippen LogP contribution < -0.4 is 10.2 Å². The average molecular weight is 402 g/mol. The first kappa shape index (κ1) is 19.2. The minimum atomic E-state index is -1.52. The summed E-state index contributed by atoms with van der Waals surface area (Å²) in [5, 5.41) is 48.9. The lowest BCUT2D eigenvalue weighted by Gasteiger charge is -2.34. The molecule has 9 heteroatoms. The Balaban J connectivity index is 1.71. The highest BCUT2D eigenvalue weighted by molar-refractivity contribution is 5.86. The molecule has 9 nitrogen and oxygen atoms in total. The van der Waals surface area contributed by atoms with Gasteiger partial charge >= 0.3 is 0 Å². The summed E-state index contributed by atoms with van der Waals surface area (Å²) in [6.07, 6.45) is -5.52. The number of ether oxygens (including phenoxy) is 2. The fourth-order valence-corrected chi connectivity index (χ4v) is 3.10. The van der Waals surface area contributed by atoms with Gasteiger partial charge in [0.2, 0.25) is 6.29 Å². The van der Waals surface area contributed by atoms with Crippen molar-refractivity contribution >= 4 is 11.0 Å². The van der Waals surface area contributed by atoms with Gasteiger partial charge in [-0.1, -0.05) is 0 Å². The van der Waals surface area contributed by atoms with Crippen LogP contribution in [0.25, 0.3) is 22.3 Å². The maximum Gasteiger partial charge on any atom is 0.228 e. The molecule has 0 amide bonds. The normalized spacial score (nSPS) is 24.5. The molecule has 0 spiro atoms. The summed E-state index contributed by atoms with van der Waals surface area (Å²) < 4.78 is 16.4. The molecule has 1 aromatic heterocycles. The molecule has 0 unspecified atom stereocenters. The number of benzene rings is 2. The average Bonchev–Trinajstić information content (AvgIpc) is 2.68. The monoisotopic (exact) mass is 402 g/mol. The molecule has 2 heterocycles. The van der Waals surface area contributed by atoms with E-state index >= 15 is 0 Å². The van der Waals surface area contributed by atoms with Gasteiger partial charge in [0.1, 0.15) is 52.3 Å². The summed E-state index contributed by atoms with van der Waals surface area (Å²) in [6.45, 7) is -0.247. The molecule has 0 aliphatic carbocycles. The van der Waals surface area contributed by atoms with Crippen LogP contribution in [0.2, 0.25) is 0 Å². The van der Waals surface area contributed by atoms with E-state index in [2.05, 4.69) is 0 Å². The van der Waals surface area contributed by atoms with Crippen LogP contribution in [-0.4, -0.2) is 56.7 Å². The minimum absolute atomic E-state index is 0.0219. The molecule has 29 heavy (non-hydrogen) atoms. The maximum atomic E-state index is 12.5. The predicted molar refractivity (Wildman–Crippen MR) is 99.6 cm³/mol. The van der Waals surface area contributed by atoms with Gasteiger partial charge in [-0.15, -0.1) is 0 Å². The van der Waals surface area contributed by atoms with E-state index in [9.17, 15) is 30.3 Å². The van der Waals surface area contributed by atoms with Crippen molar-refractivity contribution in [1.29, 1.82) is 0 Å². The second kappa shape index (κ2) is 7.37. The zero-order chi connectivity index (χ0) is 20.7. The van der Waals surface area contributed by atoms with E-state index < -0.39 is 35.8 Å². The summed E-state index contributed by atoms with van der Waals surface area (Å²) in [4.78, 5) is 12.5. The van der Waals surface area contributed by atoms with Gasteiger partial charge < -0.3 is 39.4 Å². The first-order chi connectivity index (χ1) is 13.8. The van der Waals surface area contributed by atoms with Crippen molar-refractivity contribution in [3.8, 4) is 28.6 Å². The lowest BCUT2D eigenvalue weighted by Crippen LogP contribution is -2.54. The molecule has 0 radical (unpaired) electrons. The smallest absolute Gasteiger partial charge is 0.228 e. The number of aromatic hydroxyl groups is 2. The van der Waals surface area contributed by atoms with Crippen LogP contribution in [0.5, 0.6) is 17.2 Å². The summed E-state index contributed by atoms with van der Waals surface area (Å²) in [5.74, 6) is -0.0989. The molecule has 4 rings (SSSR count). The largest absolute Gasteiger partial charge is 0.508 e. The number of phenols is 2. The third-order valence-electron chi connectivity index (χ3n) is 4.64. The molecular formula is C20H18O9. The van der Waals surface area contributed by atoms with E-state index in [1.54, 1.807) is 12.1 Å². The SMILES string of the molecule is O=c1cc(-c2ccc(O)cc2)oc2cc(O[C@@H]3OC[C@@H](O)[C@@H](O)[C@@H]3O)cc(O)c12. The van der Waals surface area contributed by atoms with Gasteiger partial charge in [-0.25, -0.2) is 0 Å². The number of aliphatic hydroxyl groups excluding tert-OH is 3. The van der Waals surface area contributed by atoms with Crippen LogP contribution in [-0.2, 0) is 4.74 Å². The molecule has 0 bridgehead atoms. The van der Waals surface area contributed by atoms with Gasteiger partial charge in [-0.05, 0) is 24.3 Å². The molecule has 1 aliphatic heterocycles. The third kappa shape index (κ3) is 3.64. The van der Waals surface area contributed by atoms with Gasteiger partial charge in [-0.3, -0.25) is 4.79 Å². The van der Waals surface area contributed by atoms with E-state index in [4.69, 9.17) is 13.9 Å². The molecule has 1 aliphatic rings. The topological polar surface area (TPSA) is 150 Å². The number of fused-ring (bicyclic) bond motifs is 1. The van der Waals surface area contributed by atoms with E-state index in [1.165, 1.54) is 24.3 Å². The molecule has 1 saturated heterocycles. The maximum absolute atomic E-state index is 12.5. The minimum Gasteiger partial charge on any atom is -0.508 e. The summed E-state index contributed by atoms with van der Waals surface area (Å²) in [6, 6.07) is 9.74. The van der Waals surface area contributed by atoms with Gasteiger partial charge in [-0.2, -0.15) is 0 Å². The van der Waals surface area contributed by atoms with Crippen LogP contribution >= 0.6 is 0 Å². The Morgan fingerprint density at radius 2 is 1.69 bits per heavy atom. The zero-order valence-corrected chi connectivity index (χ0v) is 14.9. The van der Waals surface area contributed by atoms with E-state index in [-0.39, 0.29) is 34.8 Å². The molecule has 3 aromatic rings. The Bertz CT molecular complexity index is 1090. The third-order valence-corrected chi connectivity index (χ3v) is 4.64. The Hall–Kier alpha value is -3.11. The highest BCUT2D eigenvalue weighted by Crippen LogP contribution is 2.32. The van der Waals surface area contributed by atoms with Crippen LogP contribution in [0.15, 0.2) is 51.7 Å². The van der Waals surface area contributed by atoms with Gasteiger partial charge in [0, 0.05) is 23.8 Å². The van der Waals surface area contributed by atoms with Gasteiger partial charge in [0.25, 0.3) is 0 Å². The van der Waals surface area contributed by atoms with Crippen molar-refractivity contribution in [2.45, 2.75) is 24.6 Å². The highest BCUT2D eigenvalue weighted by atomic mass is 16.7. The summed E-state index contributed by atoms with van der Waals surface area (Å²) in [5.41, 5.74) is 0.0862. The molecule has 1 fully saturated rings. The van der Waals surface area contributed by atoms with Crippen molar-refractivity contribution in [2.75, 3.05) is 6.61 Å². The Morgan fingerprint density at radius 3 is 2.41 bits per heavy atom. The van der Waals surface area contributed by atoms with E-state index in [0.29, 0.717) is 5.56 Å². The molecule has 2 aromatic carbocycles. The van der Waals surface area contributed by atoms with Crippen molar-refractivity contribution in [2.24, 2.45) is 0 Å². The lowest BCUT2D eigenvalue weighted by atomic mass is 10.1. The summed E-state index contributed by atoms with van der Waals surface area (Å²) >= 11 is 0. The number of rotatable bonds is 3. The summed E-state index contributed by atoms with van der Waals surface area (Å²) in [7, 11) is 0. The quantitative estimate of drug-likeness (QED) is 0.426. The van der Waals surface area contributed by atoms with Crippen molar-refractivity contribution in [3.05, 3.63) is 52.7 Å². The van der Waals surface area contributed by atoms with Crippen LogP contribution in [0.3, 0.4) is 0 Å². The van der Waals surface area contributed by atoms with Crippen LogP contribution in [0.1, 0.15) is 0 Å². The van der Waals surface area contributed by atoms with Crippen molar-refractivity contribution in [1.82, 2.24) is 0 Å². The number of phenolic OH excluding ortho intramolecular Hbond substituents is 2. The van der Waals surface area contributed by atoms with Gasteiger partial charge in [0.05, 0.1) is 6.61 Å². The number of hydrogen-bond acceptors (Lipinski definition) is 9. The van der Waals surface area contributed by atoms with Crippen LogP contribution in [0, 0.1) is 0 Å². The molecule has 152 valence electrons. The fourth-order valence-electron chi connectivity index (χ4n) is 3.10. The number of aliphatic hydroxyl groups is 3. The predicted octanol–water partition coefficient (Wildman–Crippen LogP) is 0.689. The second-order valence-corrected chi connectivity index (χ2v) is 6.71. The molecular weight excluding hydrogens is 384 g/mol. The number of hydrogen-bond donors (Lipinski definition) is 5.